The Hall–Kier alpha value is -1.25. The molecular weight excluding hydrogens is 174 g/mol. The Morgan fingerprint density at radius 2 is 2.21 bits per heavy atom. The topological polar surface area (TPSA) is 29.9 Å². The highest BCUT2D eigenvalue weighted by molar-refractivity contribution is 5.05. The molecule has 0 amide bonds. The lowest BCUT2D eigenvalue weighted by Gasteiger charge is -2.22. The number of rotatable bonds is 3. The van der Waals surface area contributed by atoms with Crippen molar-refractivity contribution in [2.24, 2.45) is 12.5 Å². The van der Waals surface area contributed by atoms with Crippen molar-refractivity contribution in [3.05, 3.63) is 30.5 Å². The summed E-state index contributed by atoms with van der Waals surface area (Å²) in [4.78, 5) is 4.23. The molecule has 0 radical (unpaired) electrons. The third-order valence-corrected chi connectivity index (χ3v) is 2.15. The maximum absolute atomic E-state index is 4.23. The molecule has 0 aliphatic carbocycles. The Morgan fingerprint density at radius 3 is 2.64 bits per heavy atom. The SMILES string of the molecule is C=C(NCc1cn(C)cn1)C(C)(C)C. The van der Waals surface area contributed by atoms with E-state index in [-0.39, 0.29) is 5.41 Å². The molecule has 3 heteroatoms. The van der Waals surface area contributed by atoms with Crippen molar-refractivity contribution < 1.29 is 0 Å². The average Bonchev–Trinajstić information content (AvgIpc) is 2.45. The summed E-state index contributed by atoms with van der Waals surface area (Å²) in [5, 5.41) is 3.28. The zero-order valence-electron chi connectivity index (χ0n) is 9.46. The van der Waals surface area contributed by atoms with Crippen LogP contribution in [-0.2, 0) is 13.6 Å². The van der Waals surface area contributed by atoms with Gasteiger partial charge in [-0.3, -0.25) is 0 Å². The molecule has 1 heterocycles. The summed E-state index contributed by atoms with van der Waals surface area (Å²) >= 11 is 0. The molecule has 0 bridgehead atoms. The number of allylic oxidation sites excluding steroid dienone is 1. The number of aromatic nitrogens is 2. The second kappa shape index (κ2) is 3.86. The van der Waals surface area contributed by atoms with Crippen molar-refractivity contribution in [1.82, 2.24) is 14.9 Å². The Balaban J connectivity index is 2.46. The van der Waals surface area contributed by atoms with E-state index in [9.17, 15) is 0 Å². The standard InChI is InChI=1S/C11H19N3/c1-9(11(2,3)4)12-6-10-7-14(5)8-13-10/h7-8,12H,1,6H2,2-5H3. The van der Waals surface area contributed by atoms with E-state index in [0.29, 0.717) is 0 Å². The summed E-state index contributed by atoms with van der Waals surface area (Å²) in [6.45, 7) is 11.2. The van der Waals surface area contributed by atoms with E-state index >= 15 is 0 Å². The molecule has 1 aromatic rings. The number of hydrogen-bond acceptors (Lipinski definition) is 2. The summed E-state index contributed by atoms with van der Waals surface area (Å²) in [6.07, 6.45) is 3.81. The van der Waals surface area contributed by atoms with E-state index in [1.54, 1.807) is 6.33 Å². The Labute approximate surface area is 85.8 Å². The quantitative estimate of drug-likeness (QED) is 0.796. The van der Waals surface area contributed by atoms with Crippen LogP contribution in [0.3, 0.4) is 0 Å². The molecule has 0 aliphatic rings. The van der Waals surface area contributed by atoms with Gasteiger partial charge >= 0.3 is 0 Å². The smallest absolute Gasteiger partial charge is 0.0947 e. The highest BCUT2D eigenvalue weighted by atomic mass is 15.0. The van der Waals surface area contributed by atoms with Crippen molar-refractivity contribution in [3.8, 4) is 0 Å². The van der Waals surface area contributed by atoms with Crippen molar-refractivity contribution in [2.45, 2.75) is 27.3 Å². The Bertz CT molecular complexity index is 318. The van der Waals surface area contributed by atoms with Gasteiger partial charge in [-0.15, -0.1) is 0 Å². The zero-order chi connectivity index (χ0) is 10.8. The highest BCUT2D eigenvalue weighted by Crippen LogP contribution is 2.20. The fourth-order valence-corrected chi connectivity index (χ4v) is 1.02. The van der Waals surface area contributed by atoms with Crippen LogP contribution in [0.15, 0.2) is 24.8 Å². The molecule has 1 N–H and O–H groups in total. The van der Waals surface area contributed by atoms with E-state index in [1.165, 1.54) is 0 Å². The van der Waals surface area contributed by atoms with Crippen molar-refractivity contribution >= 4 is 0 Å². The maximum Gasteiger partial charge on any atom is 0.0947 e. The molecule has 1 rings (SSSR count). The minimum atomic E-state index is 0.106. The molecule has 0 saturated heterocycles. The van der Waals surface area contributed by atoms with Crippen LogP contribution in [-0.4, -0.2) is 9.55 Å². The van der Waals surface area contributed by atoms with Crippen LogP contribution >= 0.6 is 0 Å². The van der Waals surface area contributed by atoms with E-state index in [2.05, 4.69) is 37.7 Å². The van der Waals surface area contributed by atoms with Crippen LogP contribution in [0, 0.1) is 5.41 Å². The van der Waals surface area contributed by atoms with Gasteiger partial charge in [-0.25, -0.2) is 4.98 Å². The second-order valence-electron chi connectivity index (χ2n) is 4.61. The van der Waals surface area contributed by atoms with Gasteiger partial charge in [0.05, 0.1) is 18.6 Å². The zero-order valence-corrected chi connectivity index (χ0v) is 9.46. The normalized spacial score (nSPS) is 11.4. The minimum Gasteiger partial charge on any atom is -0.383 e. The summed E-state index contributed by atoms with van der Waals surface area (Å²) < 4.78 is 1.94. The molecule has 3 nitrogen and oxygen atoms in total. The molecule has 0 unspecified atom stereocenters. The minimum absolute atomic E-state index is 0.106. The van der Waals surface area contributed by atoms with Gasteiger partial charge in [-0.2, -0.15) is 0 Å². The van der Waals surface area contributed by atoms with E-state index in [1.807, 2.05) is 17.8 Å². The average molecular weight is 193 g/mol. The highest BCUT2D eigenvalue weighted by Gasteiger charge is 2.14. The monoisotopic (exact) mass is 193 g/mol. The van der Waals surface area contributed by atoms with Crippen LogP contribution in [0.1, 0.15) is 26.5 Å². The number of hydrogen-bond donors (Lipinski definition) is 1. The van der Waals surface area contributed by atoms with E-state index < -0.39 is 0 Å². The van der Waals surface area contributed by atoms with Crippen LogP contribution in [0.25, 0.3) is 0 Å². The maximum atomic E-state index is 4.23. The first kappa shape index (κ1) is 10.8. The summed E-state index contributed by atoms with van der Waals surface area (Å²) in [5.41, 5.74) is 2.19. The third-order valence-electron chi connectivity index (χ3n) is 2.15. The van der Waals surface area contributed by atoms with E-state index in [0.717, 1.165) is 17.9 Å². The number of nitrogens with one attached hydrogen (secondary N) is 1. The number of aryl methyl sites for hydroxylation is 1. The largest absolute Gasteiger partial charge is 0.383 e. The summed E-state index contributed by atoms with van der Waals surface area (Å²) in [6, 6.07) is 0. The molecule has 1 aromatic heterocycles. The van der Waals surface area contributed by atoms with Gasteiger partial charge in [0, 0.05) is 24.4 Å². The first-order chi connectivity index (χ1) is 6.39. The van der Waals surface area contributed by atoms with E-state index in [4.69, 9.17) is 0 Å². The predicted octanol–water partition coefficient (Wildman–Crippen LogP) is 2.07. The molecule has 0 spiro atoms. The van der Waals surface area contributed by atoms with Gasteiger partial charge in [-0.1, -0.05) is 27.4 Å². The molecule has 14 heavy (non-hydrogen) atoms. The lowest BCUT2D eigenvalue weighted by atomic mass is 9.93. The summed E-state index contributed by atoms with van der Waals surface area (Å²) in [5.74, 6) is 0. The predicted molar refractivity (Wildman–Crippen MR) is 58.6 cm³/mol. The summed E-state index contributed by atoms with van der Waals surface area (Å²) in [7, 11) is 1.97. The van der Waals surface area contributed by atoms with Gasteiger partial charge in [-0.05, 0) is 0 Å². The Kier molecular flexibility index (Phi) is 2.99. The molecule has 0 aliphatic heterocycles. The molecule has 0 saturated carbocycles. The van der Waals surface area contributed by atoms with Gasteiger partial charge in [0.1, 0.15) is 0 Å². The molecule has 0 fully saturated rings. The van der Waals surface area contributed by atoms with Gasteiger partial charge in [0.2, 0.25) is 0 Å². The fraction of sp³-hybridized carbons (Fsp3) is 0.545. The first-order valence-corrected chi connectivity index (χ1v) is 4.79. The fourth-order valence-electron chi connectivity index (χ4n) is 1.02. The van der Waals surface area contributed by atoms with Crippen molar-refractivity contribution in [2.75, 3.05) is 0 Å². The van der Waals surface area contributed by atoms with Gasteiger partial charge in [0.25, 0.3) is 0 Å². The molecule has 0 aromatic carbocycles. The van der Waals surface area contributed by atoms with Crippen molar-refractivity contribution in [3.63, 3.8) is 0 Å². The van der Waals surface area contributed by atoms with Crippen molar-refractivity contribution in [1.29, 1.82) is 0 Å². The number of imidazole rings is 1. The molecule has 0 atom stereocenters. The lowest BCUT2D eigenvalue weighted by molar-refractivity contribution is 0.460. The molecule has 78 valence electrons. The first-order valence-electron chi connectivity index (χ1n) is 4.79. The van der Waals surface area contributed by atoms with Crippen LogP contribution in [0.5, 0.6) is 0 Å². The second-order valence-corrected chi connectivity index (χ2v) is 4.61. The van der Waals surface area contributed by atoms with Crippen LogP contribution < -0.4 is 5.32 Å². The lowest BCUT2D eigenvalue weighted by Crippen LogP contribution is -2.23. The van der Waals surface area contributed by atoms with Crippen LogP contribution in [0.4, 0.5) is 0 Å². The van der Waals surface area contributed by atoms with Gasteiger partial charge in [0.15, 0.2) is 0 Å². The van der Waals surface area contributed by atoms with Gasteiger partial charge < -0.3 is 9.88 Å². The molecular formula is C11H19N3. The number of nitrogens with zero attached hydrogens (tertiary/aromatic N) is 2. The third kappa shape index (κ3) is 2.91. The van der Waals surface area contributed by atoms with Crippen LogP contribution in [0.2, 0.25) is 0 Å². The Morgan fingerprint density at radius 1 is 1.57 bits per heavy atom.